The van der Waals surface area contributed by atoms with Crippen LogP contribution >= 0.6 is 0 Å². The molecular formula is C14H20N2O2. The van der Waals surface area contributed by atoms with Gasteiger partial charge in [0, 0.05) is 18.8 Å². The van der Waals surface area contributed by atoms with Crippen LogP contribution < -0.4 is 10.6 Å². The SMILES string of the molecule is CC1CCCN(c2cc(N)ccc2C(=O)O)CC1. The first-order valence-electron chi connectivity index (χ1n) is 6.45. The van der Waals surface area contributed by atoms with E-state index in [1.165, 1.54) is 6.42 Å². The molecule has 1 heterocycles. The van der Waals surface area contributed by atoms with E-state index in [2.05, 4.69) is 11.8 Å². The van der Waals surface area contributed by atoms with Gasteiger partial charge in [-0.1, -0.05) is 6.92 Å². The van der Waals surface area contributed by atoms with Crippen molar-refractivity contribution in [3.05, 3.63) is 23.8 Å². The molecule has 1 aliphatic heterocycles. The molecule has 1 fully saturated rings. The molecule has 0 saturated carbocycles. The third-order valence-corrected chi connectivity index (χ3v) is 3.61. The van der Waals surface area contributed by atoms with Crippen LogP contribution in [0.25, 0.3) is 0 Å². The van der Waals surface area contributed by atoms with Crippen LogP contribution in [0.4, 0.5) is 11.4 Å². The number of hydrogen-bond donors (Lipinski definition) is 2. The van der Waals surface area contributed by atoms with Crippen molar-refractivity contribution in [1.82, 2.24) is 0 Å². The van der Waals surface area contributed by atoms with Crippen LogP contribution in [0.5, 0.6) is 0 Å². The smallest absolute Gasteiger partial charge is 0.337 e. The van der Waals surface area contributed by atoms with Crippen molar-refractivity contribution < 1.29 is 9.90 Å². The Labute approximate surface area is 107 Å². The summed E-state index contributed by atoms with van der Waals surface area (Å²) in [7, 11) is 0. The topological polar surface area (TPSA) is 66.6 Å². The molecule has 4 heteroatoms. The van der Waals surface area contributed by atoms with Crippen LogP contribution in [-0.2, 0) is 0 Å². The highest BCUT2D eigenvalue weighted by Crippen LogP contribution is 2.27. The fourth-order valence-electron chi connectivity index (χ4n) is 2.50. The molecule has 18 heavy (non-hydrogen) atoms. The molecule has 1 aromatic carbocycles. The number of carboxylic acids is 1. The lowest BCUT2D eigenvalue weighted by Crippen LogP contribution is -2.26. The Bertz CT molecular complexity index is 445. The van der Waals surface area contributed by atoms with Crippen LogP contribution in [0.1, 0.15) is 36.5 Å². The van der Waals surface area contributed by atoms with Crippen molar-refractivity contribution in [2.75, 3.05) is 23.7 Å². The summed E-state index contributed by atoms with van der Waals surface area (Å²) in [6.45, 7) is 4.07. The zero-order valence-corrected chi connectivity index (χ0v) is 10.7. The second kappa shape index (κ2) is 5.29. The van der Waals surface area contributed by atoms with E-state index >= 15 is 0 Å². The number of carboxylic acid groups (broad SMARTS) is 1. The molecule has 1 unspecified atom stereocenters. The molecule has 0 aromatic heterocycles. The minimum Gasteiger partial charge on any atom is -0.478 e. The van der Waals surface area contributed by atoms with Crippen molar-refractivity contribution in [1.29, 1.82) is 0 Å². The molecule has 1 atom stereocenters. The first kappa shape index (κ1) is 12.7. The highest BCUT2D eigenvalue weighted by atomic mass is 16.4. The Morgan fingerprint density at radius 3 is 2.89 bits per heavy atom. The lowest BCUT2D eigenvalue weighted by Gasteiger charge is -2.24. The number of benzene rings is 1. The molecule has 0 aliphatic carbocycles. The van der Waals surface area contributed by atoms with Crippen molar-refractivity contribution >= 4 is 17.3 Å². The number of anilines is 2. The maximum Gasteiger partial charge on any atom is 0.337 e. The lowest BCUT2D eigenvalue weighted by molar-refractivity contribution is 0.0697. The molecule has 2 rings (SSSR count). The Morgan fingerprint density at radius 1 is 1.39 bits per heavy atom. The zero-order valence-electron chi connectivity index (χ0n) is 10.7. The Kier molecular flexibility index (Phi) is 3.75. The predicted octanol–water partition coefficient (Wildman–Crippen LogP) is 2.59. The van der Waals surface area contributed by atoms with E-state index in [-0.39, 0.29) is 0 Å². The quantitative estimate of drug-likeness (QED) is 0.789. The van der Waals surface area contributed by atoms with E-state index in [4.69, 9.17) is 5.73 Å². The van der Waals surface area contributed by atoms with Crippen LogP contribution in [0, 0.1) is 5.92 Å². The van der Waals surface area contributed by atoms with Crippen molar-refractivity contribution in [2.24, 2.45) is 5.92 Å². The Balaban J connectivity index is 2.30. The van der Waals surface area contributed by atoms with Crippen LogP contribution in [0.15, 0.2) is 18.2 Å². The summed E-state index contributed by atoms with van der Waals surface area (Å²) in [5, 5.41) is 9.24. The average molecular weight is 248 g/mol. The monoisotopic (exact) mass is 248 g/mol. The number of aromatic carboxylic acids is 1. The molecule has 0 bridgehead atoms. The van der Waals surface area contributed by atoms with Crippen molar-refractivity contribution in [3.8, 4) is 0 Å². The fraction of sp³-hybridized carbons (Fsp3) is 0.500. The van der Waals surface area contributed by atoms with Gasteiger partial charge in [0.2, 0.25) is 0 Å². The van der Waals surface area contributed by atoms with Gasteiger partial charge < -0.3 is 15.7 Å². The fourth-order valence-corrected chi connectivity index (χ4v) is 2.50. The zero-order chi connectivity index (χ0) is 13.1. The van der Waals surface area contributed by atoms with Gasteiger partial charge in [-0.3, -0.25) is 0 Å². The molecular weight excluding hydrogens is 228 g/mol. The minimum atomic E-state index is -0.887. The van der Waals surface area contributed by atoms with Gasteiger partial charge >= 0.3 is 5.97 Å². The highest BCUT2D eigenvalue weighted by molar-refractivity contribution is 5.95. The third kappa shape index (κ3) is 2.75. The summed E-state index contributed by atoms with van der Waals surface area (Å²) in [6.07, 6.45) is 3.42. The first-order chi connectivity index (χ1) is 8.58. The first-order valence-corrected chi connectivity index (χ1v) is 6.45. The molecule has 98 valence electrons. The molecule has 0 amide bonds. The Hall–Kier alpha value is -1.71. The average Bonchev–Trinajstić information content (AvgIpc) is 2.53. The van der Waals surface area contributed by atoms with Crippen LogP contribution in [0.2, 0.25) is 0 Å². The number of nitrogens with two attached hydrogens (primary N) is 1. The Morgan fingerprint density at radius 2 is 2.17 bits per heavy atom. The molecule has 3 N–H and O–H groups in total. The summed E-state index contributed by atoms with van der Waals surface area (Å²) in [5.74, 6) is -0.174. The molecule has 1 saturated heterocycles. The lowest BCUT2D eigenvalue weighted by atomic mass is 10.0. The van der Waals surface area contributed by atoms with Crippen LogP contribution in [-0.4, -0.2) is 24.2 Å². The number of hydrogen-bond acceptors (Lipinski definition) is 3. The minimum absolute atomic E-state index is 0.346. The summed E-state index contributed by atoms with van der Waals surface area (Å²) < 4.78 is 0. The van der Waals surface area contributed by atoms with E-state index in [0.29, 0.717) is 17.2 Å². The summed E-state index contributed by atoms with van der Waals surface area (Å²) >= 11 is 0. The predicted molar refractivity (Wildman–Crippen MR) is 73.0 cm³/mol. The summed E-state index contributed by atoms with van der Waals surface area (Å²) in [5.41, 5.74) is 7.51. The summed E-state index contributed by atoms with van der Waals surface area (Å²) in [6, 6.07) is 5.02. The largest absolute Gasteiger partial charge is 0.478 e. The molecule has 4 nitrogen and oxygen atoms in total. The number of nitrogen functional groups attached to an aromatic ring is 1. The van der Waals surface area contributed by atoms with Crippen LogP contribution in [0.3, 0.4) is 0 Å². The normalized spacial score (nSPS) is 20.5. The second-order valence-corrected chi connectivity index (χ2v) is 5.10. The molecule has 1 aliphatic rings. The van der Waals surface area contributed by atoms with Gasteiger partial charge in [-0.25, -0.2) is 4.79 Å². The van der Waals surface area contributed by atoms with E-state index in [1.54, 1.807) is 18.2 Å². The van der Waals surface area contributed by atoms with E-state index < -0.39 is 5.97 Å². The van der Waals surface area contributed by atoms with Gasteiger partial charge in [0.05, 0.1) is 11.3 Å². The van der Waals surface area contributed by atoms with Crippen molar-refractivity contribution in [2.45, 2.75) is 26.2 Å². The van der Waals surface area contributed by atoms with Gasteiger partial charge in [0.15, 0.2) is 0 Å². The van der Waals surface area contributed by atoms with Gasteiger partial charge in [-0.15, -0.1) is 0 Å². The maximum absolute atomic E-state index is 11.3. The maximum atomic E-state index is 11.3. The number of carbonyl (C=O) groups is 1. The molecule has 0 radical (unpaired) electrons. The van der Waals surface area contributed by atoms with Gasteiger partial charge in [-0.05, 0) is 43.4 Å². The number of nitrogens with zero attached hydrogens (tertiary/aromatic N) is 1. The second-order valence-electron chi connectivity index (χ2n) is 5.10. The van der Waals surface area contributed by atoms with Gasteiger partial charge in [0.1, 0.15) is 0 Å². The molecule has 1 aromatic rings. The van der Waals surface area contributed by atoms with E-state index in [0.717, 1.165) is 31.6 Å². The standard InChI is InChI=1S/C14H20N2O2/c1-10-3-2-7-16(8-6-10)13-9-11(15)4-5-12(13)14(17)18/h4-5,9-10H,2-3,6-8,15H2,1H3,(H,17,18). The van der Waals surface area contributed by atoms with Gasteiger partial charge in [-0.2, -0.15) is 0 Å². The molecule has 0 spiro atoms. The van der Waals surface area contributed by atoms with Crippen molar-refractivity contribution in [3.63, 3.8) is 0 Å². The van der Waals surface area contributed by atoms with E-state index in [1.807, 2.05) is 0 Å². The van der Waals surface area contributed by atoms with E-state index in [9.17, 15) is 9.90 Å². The summed E-state index contributed by atoms with van der Waals surface area (Å²) in [4.78, 5) is 13.4. The van der Waals surface area contributed by atoms with Gasteiger partial charge in [0.25, 0.3) is 0 Å². The number of rotatable bonds is 2. The third-order valence-electron chi connectivity index (χ3n) is 3.61. The highest BCUT2D eigenvalue weighted by Gasteiger charge is 2.19.